The van der Waals surface area contributed by atoms with Gasteiger partial charge in [-0.05, 0) is 11.6 Å². The van der Waals surface area contributed by atoms with Crippen molar-refractivity contribution in [2.45, 2.75) is 6.10 Å². The maximum Gasteiger partial charge on any atom is 0.213 e. The van der Waals surface area contributed by atoms with Crippen molar-refractivity contribution in [3.63, 3.8) is 0 Å². The number of methoxy groups -OCH3 is 1. The van der Waals surface area contributed by atoms with E-state index in [2.05, 4.69) is 10.3 Å². The van der Waals surface area contributed by atoms with Crippen LogP contribution in [0.25, 0.3) is 0 Å². The lowest BCUT2D eigenvalue weighted by atomic mass is 10.1. The summed E-state index contributed by atoms with van der Waals surface area (Å²) in [7, 11) is 1.62. The fourth-order valence-electron chi connectivity index (χ4n) is 1.52. The Morgan fingerprint density at radius 3 is 3.29 bits per heavy atom. The highest BCUT2D eigenvalue weighted by Crippen LogP contribution is 2.20. The third-order valence-corrected chi connectivity index (χ3v) is 2.27. The first-order chi connectivity index (χ1) is 6.90. The molecule has 0 spiro atoms. The quantitative estimate of drug-likeness (QED) is 0.754. The Hall–Kier alpha value is -1.13. The van der Waals surface area contributed by atoms with E-state index in [4.69, 9.17) is 9.47 Å². The number of rotatable bonds is 2. The molecule has 0 saturated carbocycles. The highest BCUT2D eigenvalue weighted by Gasteiger charge is 2.15. The van der Waals surface area contributed by atoms with Crippen LogP contribution in [0.15, 0.2) is 18.3 Å². The molecule has 1 fully saturated rings. The predicted octanol–water partition coefficient (Wildman–Crippen LogP) is 0.751. The fourth-order valence-corrected chi connectivity index (χ4v) is 1.52. The zero-order chi connectivity index (χ0) is 9.80. The van der Waals surface area contributed by atoms with Crippen LogP contribution in [-0.4, -0.2) is 31.8 Å². The van der Waals surface area contributed by atoms with Crippen molar-refractivity contribution in [1.82, 2.24) is 10.3 Å². The third kappa shape index (κ3) is 2.02. The van der Waals surface area contributed by atoms with Crippen LogP contribution in [0.4, 0.5) is 0 Å². The van der Waals surface area contributed by atoms with Crippen molar-refractivity contribution >= 4 is 0 Å². The Balaban J connectivity index is 2.13. The van der Waals surface area contributed by atoms with Gasteiger partial charge < -0.3 is 14.8 Å². The van der Waals surface area contributed by atoms with Crippen LogP contribution in [-0.2, 0) is 4.74 Å². The largest absolute Gasteiger partial charge is 0.481 e. The maximum atomic E-state index is 5.62. The van der Waals surface area contributed by atoms with Crippen molar-refractivity contribution in [1.29, 1.82) is 0 Å². The van der Waals surface area contributed by atoms with Gasteiger partial charge >= 0.3 is 0 Å². The molecule has 0 aliphatic carbocycles. The monoisotopic (exact) mass is 194 g/mol. The molecule has 4 nitrogen and oxygen atoms in total. The van der Waals surface area contributed by atoms with E-state index >= 15 is 0 Å². The second kappa shape index (κ2) is 4.39. The van der Waals surface area contributed by atoms with Crippen LogP contribution in [0.5, 0.6) is 5.88 Å². The molecule has 0 bridgehead atoms. The van der Waals surface area contributed by atoms with E-state index in [0.717, 1.165) is 25.3 Å². The highest BCUT2D eigenvalue weighted by molar-refractivity contribution is 5.23. The lowest BCUT2D eigenvalue weighted by Gasteiger charge is -2.23. The lowest BCUT2D eigenvalue weighted by Crippen LogP contribution is -2.33. The SMILES string of the molecule is COc1cc([C@@H]2CNCCO2)ccn1. The molecule has 1 atom stereocenters. The first-order valence-electron chi connectivity index (χ1n) is 4.72. The number of ether oxygens (including phenoxy) is 2. The van der Waals surface area contributed by atoms with Crippen LogP contribution in [0.3, 0.4) is 0 Å². The molecule has 14 heavy (non-hydrogen) atoms. The second-order valence-electron chi connectivity index (χ2n) is 3.20. The normalized spacial score (nSPS) is 21.9. The van der Waals surface area contributed by atoms with E-state index < -0.39 is 0 Å². The summed E-state index contributed by atoms with van der Waals surface area (Å²) < 4.78 is 10.7. The minimum Gasteiger partial charge on any atom is -0.481 e. The van der Waals surface area contributed by atoms with Gasteiger partial charge in [-0.1, -0.05) is 0 Å². The molecule has 1 aromatic heterocycles. The molecule has 2 rings (SSSR count). The summed E-state index contributed by atoms with van der Waals surface area (Å²) in [5.41, 5.74) is 1.11. The first kappa shape index (κ1) is 9.43. The van der Waals surface area contributed by atoms with Gasteiger partial charge in [-0.25, -0.2) is 4.98 Å². The lowest BCUT2D eigenvalue weighted by molar-refractivity contribution is 0.0275. The molecule has 2 heterocycles. The van der Waals surface area contributed by atoms with E-state index in [1.807, 2.05) is 12.1 Å². The number of nitrogens with zero attached hydrogens (tertiary/aromatic N) is 1. The second-order valence-corrected chi connectivity index (χ2v) is 3.20. The minimum atomic E-state index is 0.126. The van der Waals surface area contributed by atoms with Gasteiger partial charge in [0.2, 0.25) is 5.88 Å². The van der Waals surface area contributed by atoms with Gasteiger partial charge in [0.05, 0.1) is 19.8 Å². The molecular weight excluding hydrogens is 180 g/mol. The number of hydrogen-bond acceptors (Lipinski definition) is 4. The summed E-state index contributed by atoms with van der Waals surface area (Å²) in [5, 5.41) is 3.28. The zero-order valence-electron chi connectivity index (χ0n) is 8.19. The summed E-state index contributed by atoms with van der Waals surface area (Å²) in [6, 6.07) is 3.87. The van der Waals surface area contributed by atoms with Crippen molar-refractivity contribution in [2.75, 3.05) is 26.8 Å². The van der Waals surface area contributed by atoms with Gasteiger partial charge in [0.25, 0.3) is 0 Å². The Labute approximate surface area is 83.2 Å². The molecule has 1 aromatic rings. The number of hydrogen-bond donors (Lipinski definition) is 1. The topological polar surface area (TPSA) is 43.4 Å². The van der Waals surface area contributed by atoms with Gasteiger partial charge in [-0.2, -0.15) is 0 Å². The Kier molecular flexibility index (Phi) is 2.96. The summed E-state index contributed by atoms with van der Waals surface area (Å²) in [4.78, 5) is 4.05. The van der Waals surface area contributed by atoms with Crippen LogP contribution >= 0.6 is 0 Å². The zero-order valence-corrected chi connectivity index (χ0v) is 8.19. The molecule has 0 radical (unpaired) electrons. The molecule has 1 aliphatic heterocycles. The first-order valence-corrected chi connectivity index (χ1v) is 4.72. The third-order valence-electron chi connectivity index (χ3n) is 2.27. The Morgan fingerprint density at radius 2 is 2.57 bits per heavy atom. The van der Waals surface area contributed by atoms with Crippen LogP contribution < -0.4 is 10.1 Å². The van der Waals surface area contributed by atoms with Gasteiger partial charge in [0.1, 0.15) is 0 Å². The van der Waals surface area contributed by atoms with E-state index in [1.165, 1.54) is 0 Å². The van der Waals surface area contributed by atoms with Crippen molar-refractivity contribution in [3.05, 3.63) is 23.9 Å². The summed E-state index contributed by atoms with van der Waals surface area (Å²) >= 11 is 0. The van der Waals surface area contributed by atoms with Gasteiger partial charge in [0.15, 0.2) is 0 Å². The molecule has 1 aliphatic rings. The summed E-state index contributed by atoms with van der Waals surface area (Å²) in [6.07, 6.45) is 1.87. The number of pyridine rings is 1. The smallest absolute Gasteiger partial charge is 0.213 e. The van der Waals surface area contributed by atoms with E-state index in [0.29, 0.717) is 5.88 Å². The fraction of sp³-hybridized carbons (Fsp3) is 0.500. The molecule has 0 unspecified atom stereocenters. The van der Waals surface area contributed by atoms with Crippen LogP contribution in [0.1, 0.15) is 11.7 Å². The Bertz CT molecular complexity index is 298. The molecule has 1 N–H and O–H groups in total. The van der Waals surface area contributed by atoms with E-state index in [-0.39, 0.29) is 6.10 Å². The van der Waals surface area contributed by atoms with E-state index in [9.17, 15) is 0 Å². The minimum absolute atomic E-state index is 0.126. The molecule has 0 aromatic carbocycles. The Morgan fingerprint density at radius 1 is 1.64 bits per heavy atom. The van der Waals surface area contributed by atoms with Gasteiger partial charge in [-0.3, -0.25) is 0 Å². The summed E-state index contributed by atoms with van der Waals surface area (Å²) in [6.45, 7) is 2.54. The molecule has 0 amide bonds. The molecule has 4 heteroatoms. The molecular formula is C10H14N2O2. The van der Waals surface area contributed by atoms with E-state index in [1.54, 1.807) is 13.3 Å². The summed E-state index contributed by atoms with van der Waals surface area (Å²) in [5.74, 6) is 0.636. The van der Waals surface area contributed by atoms with Crippen molar-refractivity contribution in [2.24, 2.45) is 0 Å². The van der Waals surface area contributed by atoms with Crippen molar-refractivity contribution in [3.8, 4) is 5.88 Å². The maximum absolute atomic E-state index is 5.62. The highest BCUT2D eigenvalue weighted by atomic mass is 16.5. The number of nitrogens with one attached hydrogen (secondary N) is 1. The number of aromatic nitrogens is 1. The average Bonchev–Trinajstić information content (AvgIpc) is 2.30. The standard InChI is InChI=1S/C10H14N2O2/c1-13-10-6-8(2-3-12-10)9-7-11-4-5-14-9/h2-3,6,9,11H,4-5,7H2,1H3/t9-/m0/s1. The predicted molar refractivity (Wildman–Crippen MR) is 52.4 cm³/mol. The van der Waals surface area contributed by atoms with Crippen LogP contribution in [0, 0.1) is 0 Å². The number of morpholine rings is 1. The van der Waals surface area contributed by atoms with Gasteiger partial charge in [0, 0.05) is 25.4 Å². The average molecular weight is 194 g/mol. The van der Waals surface area contributed by atoms with Crippen LogP contribution in [0.2, 0.25) is 0 Å². The molecule has 76 valence electrons. The van der Waals surface area contributed by atoms with Crippen molar-refractivity contribution < 1.29 is 9.47 Å². The van der Waals surface area contributed by atoms with Gasteiger partial charge in [-0.15, -0.1) is 0 Å². The molecule has 1 saturated heterocycles.